The molecular formula is C20H17ClFN3O3. The van der Waals surface area contributed by atoms with Crippen molar-refractivity contribution in [2.75, 3.05) is 0 Å². The maximum Gasteiger partial charge on any atom is 0.259 e. The van der Waals surface area contributed by atoms with Gasteiger partial charge in [0, 0.05) is 30.9 Å². The Hall–Kier alpha value is -3.06. The Labute approximate surface area is 165 Å². The van der Waals surface area contributed by atoms with Crippen molar-refractivity contribution in [1.82, 2.24) is 14.5 Å². The summed E-state index contributed by atoms with van der Waals surface area (Å²) in [5.41, 5.74) is 2.27. The Balaban J connectivity index is 1.92. The molecule has 28 heavy (non-hydrogen) atoms. The minimum absolute atomic E-state index is 0.00915. The van der Waals surface area contributed by atoms with Crippen molar-refractivity contribution in [1.29, 1.82) is 0 Å². The van der Waals surface area contributed by atoms with Gasteiger partial charge in [0.25, 0.3) is 5.56 Å². The third-order valence-electron chi connectivity index (χ3n) is 4.13. The second-order valence-corrected chi connectivity index (χ2v) is 6.70. The van der Waals surface area contributed by atoms with Gasteiger partial charge in [0.1, 0.15) is 23.9 Å². The van der Waals surface area contributed by atoms with Gasteiger partial charge in [-0.15, -0.1) is 0 Å². The van der Waals surface area contributed by atoms with Crippen LogP contribution < -0.4 is 10.3 Å². The van der Waals surface area contributed by atoms with E-state index in [0.717, 1.165) is 17.8 Å². The van der Waals surface area contributed by atoms with Gasteiger partial charge in [-0.1, -0.05) is 11.6 Å². The van der Waals surface area contributed by atoms with Gasteiger partial charge in [0.2, 0.25) is 0 Å². The van der Waals surface area contributed by atoms with Crippen LogP contribution in [0.1, 0.15) is 34.4 Å². The number of aryl methyl sites for hydroxylation is 2. The molecule has 6 nitrogen and oxygen atoms in total. The standard InChI is InChI=1S/C20H17ClFN3O3/c1-11-8-23-17(13(3)26)7-19(11)25-12(2)4-15(6-20(25)27)28-10-18-16(21)5-14(22)9-24-18/h4-9H,10H2,1-3H3. The second kappa shape index (κ2) is 7.90. The zero-order valence-electron chi connectivity index (χ0n) is 15.5. The average molecular weight is 402 g/mol. The summed E-state index contributed by atoms with van der Waals surface area (Å²) < 4.78 is 20.2. The molecule has 3 aromatic rings. The molecule has 0 bridgehead atoms. The summed E-state index contributed by atoms with van der Waals surface area (Å²) in [6, 6.07) is 5.76. The first-order valence-electron chi connectivity index (χ1n) is 8.40. The zero-order valence-corrected chi connectivity index (χ0v) is 16.2. The van der Waals surface area contributed by atoms with E-state index in [1.54, 1.807) is 25.3 Å². The van der Waals surface area contributed by atoms with Gasteiger partial charge < -0.3 is 4.74 Å². The number of carbonyl (C=O) groups is 1. The Morgan fingerprint density at radius 3 is 2.57 bits per heavy atom. The summed E-state index contributed by atoms with van der Waals surface area (Å²) in [4.78, 5) is 32.3. The lowest BCUT2D eigenvalue weighted by atomic mass is 10.1. The van der Waals surface area contributed by atoms with Crippen molar-refractivity contribution in [2.24, 2.45) is 0 Å². The van der Waals surface area contributed by atoms with Crippen molar-refractivity contribution in [3.05, 3.63) is 80.5 Å². The number of pyridine rings is 3. The smallest absolute Gasteiger partial charge is 0.259 e. The molecule has 3 rings (SSSR count). The van der Waals surface area contributed by atoms with Crippen molar-refractivity contribution in [3.8, 4) is 11.4 Å². The topological polar surface area (TPSA) is 74.1 Å². The van der Waals surface area contributed by atoms with Crippen molar-refractivity contribution in [3.63, 3.8) is 0 Å². The molecule has 0 amide bonds. The van der Waals surface area contributed by atoms with Gasteiger partial charge in [-0.3, -0.25) is 24.1 Å². The molecule has 144 valence electrons. The maximum atomic E-state index is 13.1. The molecule has 0 aromatic carbocycles. The number of halogens is 2. The number of hydrogen-bond acceptors (Lipinski definition) is 5. The van der Waals surface area contributed by atoms with E-state index in [4.69, 9.17) is 16.3 Å². The van der Waals surface area contributed by atoms with Crippen LogP contribution in [0.25, 0.3) is 5.69 Å². The molecule has 0 spiro atoms. The number of nitrogens with zero attached hydrogens (tertiary/aromatic N) is 3. The Morgan fingerprint density at radius 2 is 1.93 bits per heavy atom. The van der Waals surface area contributed by atoms with Gasteiger partial charge >= 0.3 is 0 Å². The number of Topliss-reactive ketones (excluding diaryl/α,β-unsaturated/α-hetero) is 1. The largest absolute Gasteiger partial charge is 0.487 e. The number of ketones is 1. The summed E-state index contributed by atoms with van der Waals surface area (Å²) in [6.45, 7) is 4.98. The van der Waals surface area contributed by atoms with Crippen LogP contribution in [-0.4, -0.2) is 20.3 Å². The lowest BCUT2D eigenvalue weighted by Gasteiger charge is -2.15. The normalized spacial score (nSPS) is 10.8. The quantitative estimate of drug-likeness (QED) is 0.607. The summed E-state index contributed by atoms with van der Waals surface area (Å²) in [5.74, 6) is -0.389. The van der Waals surface area contributed by atoms with Gasteiger partial charge in [-0.2, -0.15) is 0 Å². The van der Waals surface area contributed by atoms with Crippen molar-refractivity contribution >= 4 is 17.4 Å². The molecule has 0 saturated heterocycles. The number of ether oxygens (including phenoxy) is 1. The summed E-state index contributed by atoms with van der Waals surface area (Å²) >= 11 is 5.94. The lowest BCUT2D eigenvalue weighted by Crippen LogP contribution is -2.21. The van der Waals surface area contributed by atoms with Crippen molar-refractivity contribution < 1.29 is 13.9 Å². The van der Waals surface area contributed by atoms with Gasteiger partial charge in [-0.25, -0.2) is 4.39 Å². The minimum Gasteiger partial charge on any atom is -0.487 e. The molecule has 0 aliphatic carbocycles. The SMILES string of the molecule is CC(=O)c1cc(-n2c(C)cc(OCc3ncc(F)cc3Cl)cc2=O)c(C)cn1. The summed E-state index contributed by atoms with van der Waals surface area (Å²) in [5, 5.41) is 0.147. The van der Waals surface area contributed by atoms with E-state index in [1.807, 2.05) is 6.92 Å². The van der Waals surface area contributed by atoms with Crippen LogP contribution in [0, 0.1) is 19.7 Å². The number of rotatable bonds is 5. The first-order valence-corrected chi connectivity index (χ1v) is 8.78. The van der Waals surface area contributed by atoms with E-state index in [9.17, 15) is 14.0 Å². The molecule has 0 radical (unpaired) electrons. The third kappa shape index (κ3) is 4.09. The third-order valence-corrected chi connectivity index (χ3v) is 4.45. The van der Waals surface area contributed by atoms with Crippen LogP contribution >= 0.6 is 11.6 Å². The van der Waals surface area contributed by atoms with Crippen LogP contribution in [0.2, 0.25) is 5.02 Å². The molecule has 0 atom stereocenters. The fourth-order valence-electron chi connectivity index (χ4n) is 2.71. The molecular weight excluding hydrogens is 385 g/mol. The Bertz CT molecular complexity index is 1130. The molecule has 0 aliphatic heterocycles. The van der Waals surface area contributed by atoms with Crippen LogP contribution in [-0.2, 0) is 6.61 Å². The van der Waals surface area contributed by atoms with Crippen LogP contribution in [0.15, 0.2) is 41.5 Å². The maximum absolute atomic E-state index is 13.1. The summed E-state index contributed by atoms with van der Waals surface area (Å²) in [7, 11) is 0. The van der Waals surface area contributed by atoms with E-state index >= 15 is 0 Å². The molecule has 0 saturated carbocycles. The van der Waals surface area contributed by atoms with Crippen LogP contribution in [0.3, 0.4) is 0 Å². The highest BCUT2D eigenvalue weighted by Crippen LogP contribution is 2.20. The average Bonchev–Trinajstić information content (AvgIpc) is 2.61. The molecule has 0 unspecified atom stereocenters. The molecule has 0 aliphatic rings. The van der Waals surface area contributed by atoms with E-state index in [1.165, 1.54) is 17.6 Å². The minimum atomic E-state index is -0.537. The predicted molar refractivity (Wildman–Crippen MR) is 103 cm³/mol. The molecule has 0 N–H and O–H groups in total. The number of aromatic nitrogens is 3. The van der Waals surface area contributed by atoms with Gasteiger partial charge in [0.15, 0.2) is 5.78 Å². The predicted octanol–water partition coefficient (Wildman–Crippen LogP) is 3.82. The monoisotopic (exact) mass is 401 g/mol. The van der Waals surface area contributed by atoms with Crippen molar-refractivity contribution in [2.45, 2.75) is 27.4 Å². The highest BCUT2D eigenvalue weighted by molar-refractivity contribution is 6.31. The van der Waals surface area contributed by atoms with E-state index in [-0.39, 0.29) is 28.7 Å². The molecule has 0 fully saturated rings. The summed E-state index contributed by atoms with van der Waals surface area (Å²) in [6.07, 6.45) is 2.61. The van der Waals surface area contributed by atoms with E-state index in [0.29, 0.717) is 22.8 Å². The molecule has 3 heterocycles. The first-order chi connectivity index (χ1) is 13.3. The molecule has 3 aromatic heterocycles. The van der Waals surface area contributed by atoms with Gasteiger partial charge in [0.05, 0.1) is 22.6 Å². The van der Waals surface area contributed by atoms with Crippen LogP contribution in [0.5, 0.6) is 5.75 Å². The van der Waals surface area contributed by atoms with Crippen LogP contribution in [0.4, 0.5) is 4.39 Å². The number of hydrogen-bond donors (Lipinski definition) is 0. The fourth-order valence-corrected chi connectivity index (χ4v) is 2.92. The lowest BCUT2D eigenvalue weighted by molar-refractivity contribution is 0.101. The second-order valence-electron chi connectivity index (χ2n) is 6.29. The molecule has 8 heteroatoms. The van der Waals surface area contributed by atoms with E-state index < -0.39 is 5.82 Å². The van der Waals surface area contributed by atoms with E-state index in [2.05, 4.69) is 9.97 Å². The highest BCUT2D eigenvalue weighted by atomic mass is 35.5. The Kier molecular flexibility index (Phi) is 5.56. The highest BCUT2D eigenvalue weighted by Gasteiger charge is 2.13. The number of carbonyl (C=O) groups excluding carboxylic acids is 1. The fraction of sp³-hybridized carbons (Fsp3) is 0.200. The van der Waals surface area contributed by atoms with Gasteiger partial charge in [-0.05, 0) is 31.5 Å². The zero-order chi connectivity index (χ0) is 20.4. The first kappa shape index (κ1) is 19.7. The Morgan fingerprint density at radius 1 is 1.18 bits per heavy atom.